The highest BCUT2D eigenvalue weighted by Crippen LogP contribution is 2.43. The Kier molecular flexibility index (Phi) is 10.9. The van der Waals surface area contributed by atoms with Gasteiger partial charge in [0.05, 0.1) is 0 Å². The summed E-state index contributed by atoms with van der Waals surface area (Å²) in [7, 11) is 0. The first-order valence-electron chi connectivity index (χ1n) is 15.8. The molecule has 0 aliphatic heterocycles. The van der Waals surface area contributed by atoms with E-state index in [0.29, 0.717) is 0 Å². The second-order valence-electron chi connectivity index (χ2n) is 12.8. The van der Waals surface area contributed by atoms with E-state index < -0.39 is 0 Å². The average molecular weight is 465 g/mol. The van der Waals surface area contributed by atoms with E-state index in [1.54, 1.807) is 24.0 Å². The lowest BCUT2D eigenvalue weighted by Gasteiger charge is -2.37. The van der Waals surface area contributed by atoms with E-state index in [2.05, 4.69) is 38.1 Å². The third-order valence-corrected chi connectivity index (χ3v) is 10.6. The lowest BCUT2D eigenvalue weighted by Crippen LogP contribution is -2.25. The molecule has 0 radical (unpaired) electrons. The van der Waals surface area contributed by atoms with Gasteiger partial charge in [-0.3, -0.25) is 0 Å². The van der Waals surface area contributed by atoms with Crippen LogP contribution < -0.4 is 0 Å². The number of benzene rings is 1. The van der Waals surface area contributed by atoms with Crippen LogP contribution in [0, 0.1) is 29.6 Å². The predicted molar refractivity (Wildman–Crippen MR) is 149 cm³/mol. The molecule has 0 amide bonds. The Labute approximate surface area is 213 Å². The lowest BCUT2D eigenvalue weighted by molar-refractivity contribution is 0.142. The summed E-state index contributed by atoms with van der Waals surface area (Å²) in [5.41, 5.74) is 3.22. The van der Waals surface area contributed by atoms with Gasteiger partial charge in [-0.25, -0.2) is 0 Å². The van der Waals surface area contributed by atoms with Crippen LogP contribution in [0.25, 0.3) is 0 Å². The van der Waals surface area contributed by atoms with Gasteiger partial charge in [0.15, 0.2) is 0 Å². The molecule has 3 aliphatic rings. The number of hydrogen-bond acceptors (Lipinski definition) is 0. The van der Waals surface area contributed by atoms with Crippen molar-refractivity contribution >= 4 is 0 Å². The molecule has 0 saturated heterocycles. The van der Waals surface area contributed by atoms with Crippen molar-refractivity contribution in [3.63, 3.8) is 0 Å². The molecule has 34 heavy (non-hydrogen) atoms. The highest BCUT2D eigenvalue weighted by atomic mass is 14.4. The fourth-order valence-electron chi connectivity index (χ4n) is 7.99. The van der Waals surface area contributed by atoms with Gasteiger partial charge < -0.3 is 0 Å². The van der Waals surface area contributed by atoms with Crippen molar-refractivity contribution in [1.29, 1.82) is 0 Å². The summed E-state index contributed by atoms with van der Waals surface area (Å²) in [4.78, 5) is 0. The van der Waals surface area contributed by atoms with Crippen molar-refractivity contribution in [1.82, 2.24) is 0 Å². The van der Waals surface area contributed by atoms with E-state index >= 15 is 0 Å². The Morgan fingerprint density at radius 1 is 0.559 bits per heavy atom. The zero-order valence-corrected chi connectivity index (χ0v) is 22.9. The van der Waals surface area contributed by atoms with Crippen LogP contribution in [0.4, 0.5) is 0 Å². The summed E-state index contributed by atoms with van der Waals surface area (Å²) in [6.07, 6.45) is 29.4. The fourth-order valence-corrected chi connectivity index (χ4v) is 7.99. The van der Waals surface area contributed by atoms with Gasteiger partial charge in [0.1, 0.15) is 0 Å². The first kappa shape index (κ1) is 26.3. The summed E-state index contributed by atoms with van der Waals surface area (Å²) in [5.74, 6) is 6.05. The topological polar surface area (TPSA) is 0 Å². The maximum absolute atomic E-state index is 2.49. The van der Waals surface area contributed by atoms with Crippen LogP contribution in [0.3, 0.4) is 0 Å². The molecule has 0 bridgehead atoms. The summed E-state index contributed by atoms with van der Waals surface area (Å²) >= 11 is 0. The highest BCUT2D eigenvalue weighted by molar-refractivity contribution is 5.26. The number of unbranched alkanes of at least 4 members (excludes halogenated alkanes) is 3. The van der Waals surface area contributed by atoms with Crippen LogP contribution >= 0.6 is 0 Å². The average Bonchev–Trinajstić information content (AvgIpc) is 2.91. The highest BCUT2D eigenvalue weighted by Gasteiger charge is 2.30. The van der Waals surface area contributed by atoms with Crippen molar-refractivity contribution in [2.75, 3.05) is 0 Å². The minimum atomic E-state index is 0.837. The van der Waals surface area contributed by atoms with Crippen molar-refractivity contribution in [3.8, 4) is 0 Å². The summed E-state index contributed by atoms with van der Waals surface area (Å²) in [6, 6.07) is 9.93. The summed E-state index contributed by atoms with van der Waals surface area (Å²) in [5, 5.41) is 0. The van der Waals surface area contributed by atoms with Gasteiger partial charge in [-0.2, -0.15) is 0 Å². The van der Waals surface area contributed by atoms with Gasteiger partial charge in [-0.1, -0.05) is 102 Å². The largest absolute Gasteiger partial charge is 0.0654 e. The van der Waals surface area contributed by atoms with Crippen molar-refractivity contribution < 1.29 is 0 Å². The maximum atomic E-state index is 2.49. The molecule has 1 aromatic carbocycles. The molecule has 0 N–H and O–H groups in total. The SMILES string of the molecule is CCCCCC[C@H]1CC[C@H](c2ccc(CC[C@H]3CC[C@H]([C@H]4CC[C@H](CC)CC4)CC3)cc2)CC1. The van der Waals surface area contributed by atoms with Crippen LogP contribution in [-0.4, -0.2) is 0 Å². The summed E-state index contributed by atoms with van der Waals surface area (Å²) in [6.45, 7) is 4.71. The molecule has 0 atom stereocenters. The molecule has 192 valence electrons. The van der Waals surface area contributed by atoms with Crippen molar-refractivity contribution in [3.05, 3.63) is 35.4 Å². The first-order chi connectivity index (χ1) is 16.7. The molecule has 4 rings (SSSR count). The van der Waals surface area contributed by atoms with E-state index in [4.69, 9.17) is 0 Å². The van der Waals surface area contributed by atoms with Gasteiger partial charge in [0.25, 0.3) is 0 Å². The minimum absolute atomic E-state index is 0.837. The molecule has 0 aromatic heterocycles. The molecule has 0 heteroatoms. The van der Waals surface area contributed by atoms with Crippen LogP contribution in [-0.2, 0) is 6.42 Å². The van der Waals surface area contributed by atoms with Crippen molar-refractivity contribution in [2.45, 2.75) is 148 Å². The Hall–Kier alpha value is -0.780. The lowest BCUT2D eigenvalue weighted by atomic mass is 9.68. The zero-order chi connectivity index (χ0) is 23.6. The van der Waals surface area contributed by atoms with Gasteiger partial charge in [-0.05, 0) is 111 Å². The first-order valence-corrected chi connectivity index (χ1v) is 15.8. The minimum Gasteiger partial charge on any atom is -0.0654 e. The fraction of sp³-hybridized carbons (Fsp3) is 0.824. The Balaban J connectivity index is 1.12. The predicted octanol–water partition coefficient (Wildman–Crippen LogP) is 10.9. The Bertz CT molecular complexity index is 648. The van der Waals surface area contributed by atoms with Crippen LogP contribution in [0.5, 0.6) is 0 Å². The third kappa shape index (κ3) is 7.86. The number of rotatable bonds is 11. The molecule has 3 aliphatic carbocycles. The van der Waals surface area contributed by atoms with E-state index in [1.165, 1.54) is 116 Å². The van der Waals surface area contributed by atoms with E-state index in [9.17, 15) is 0 Å². The molecule has 1 aromatic rings. The zero-order valence-electron chi connectivity index (χ0n) is 22.9. The number of aryl methyl sites for hydroxylation is 1. The van der Waals surface area contributed by atoms with Gasteiger partial charge in [0.2, 0.25) is 0 Å². The Morgan fingerprint density at radius 3 is 1.71 bits per heavy atom. The van der Waals surface area contributed by atoms with Crippen LogP contribution in [0.15, 0.2) is 24.3 Å². The van der Waals surface area contributed by atoms with Gasteiger partial charge >= 0.3 is 0 Å². The molecule has 3 fully saturated rings. The summed E-state index contributed by atoms with van der Waals surface area (Å²) < 4.78 is 0. The second-order valence-corrected chi connectivity index (χ2v) is 12.8. The molecule has 0 unspecified atom stereocenters. The molecule has 0 nitrogen and oxygen atoms in total. The second kappa shape index (κ2) is 14.1. The van der Waals surface area contributed by atoms with E-state index in [-0.39, 0.29) is 0 Å². The smallest absolute Gasteiger partial charge is 0.0162 e. The quantitative estimate of drug-likeness (QED) is 0.286. The molecule has 3 saturated carbocycles. The standard InChI is InChI=1S/C34H56/c1-3-5-6-7-8-28-13-21-32(22-14-28)34-25-17-30(18-26-34)10-9-29-15-23-33(24-16-29)31-19-11-27(4-2)12-20-31/h17-18,25-29,31-33H,3-16,19-24H2,1-2H3/t27-,28-,29-,31-,32-,33-. The molecular formula is C34H56. The van der Waals surface area contributed by atoms with Gasteiger partial charge in [0, 0.05) is 0 Å². The van der Waals surface area contributed by atoms with E-state index in [0.717, 1.165) is 35.5 Å². The Morgan fingerprint density at radius 2 is 1.12 bits per heavy atom. The van der Waals surface area contributed by atoms with Gasteiger partial charge in [-0.15, -0.1) is 0 Å². The maximum Gasteiger partial charge on any atom is -0.0162 e. The third-order valence-electron chi connectivity index (χ3n) is 10.6. The molecular weight excluding hydrogens is 408 g/mol. The van der Waals surface area contributed by atoms with Crippen molar-refractivity contribution in [2.24, 2.45) is 29.6 Å². The van der Waals surface area contributed by atoms with Crippen LogP contribution in [0.2, 0.25) is 0 Å². The molecule has 0 heterocycles. The van der Waals surface area contributed by atoms with Crippen LogP contribution in [0.1, 0.15) is 153 Å². The van der Waals surface area contributed by atoms with E-state index in [1.807, 2.05) is 0 Å². The molecule has 0 spiro atoms. The normalized spacial score (nSPS) is 32.5. The number of hydrogen-bond donors (Lipinski definition) is 0. The monoisotopic (exact) mass is 464 g/mol.